The van der Waals surface area contributed by atoms with E-state index in [1.54, 1.807) is 11.0 Å². The van der Waals surface area contributed by atoms with E-state index in [0.29, 0.717) is 10.8 Å². The summed E-state index contributed by atoms with van der Waals surface area (Å²) >= 11 is 9.29. The molecule has 0 fully saturated rings. The summed E-state index contributed by atoms with van der Waals surface area (Å²) in [5.74, 6) is 0.682. The molecule has 0 N–H and O–H groups in total. The van der Waals surface area contributed by atoms with Crippen molar-refractivity contribution in [2.24, 2.45) is 7.05 Å². The first-order chi connectivity index (χ1) is 6.66. The van der Waals surface area contributed by atoms with Gasteiger partial charge in [0.15, 0.2) is 5.82 Å². The van der Waals surface area contributed by atoms with Gasteiger partial charge < -0.3 is 0 Å². The molecule has 72 valence electrons. The predicted octanol–water partition coefficient (Wildman–Crippen LogP) is 2.90. The molecule has 0 atom stereocenters. The minimum atomic E-state index is 0.662. The Kier molecular flexibility index (Phi) is 2.56. The first kappa shape index (κ1) is 9.68. The van der Waals surface area contributed by atoms with Crippen molar-refractivity contribution >= 4 is 27.5 Å². The molecule has 5 heteroatoms. The topological polar surface area (TPSA) is 30.7 Å². The van der Waals surface area contributed by atoms with Crippen LogP contribution in [0.5, 0.6) is 0 Å². The number of benzene rings is 1. The maximum absolute atomic E-state index is 5.96. The van der Waals surface area contributed by atoms with Gasteiger partial charge >= 0.3 is 0 Å². The molecule has 0 saturated heterocycles. The summed E-state index contributed by atoms with van der Waals surface area (Å²) in [7, 11) is 1.83. The molecule has 2 rings (SSSR count). The van der Waals surface area contributed by atoms with E-state index in [1.807, 2.05) is 25.2 Å². The van der Waals surface area contributed by atoms with Crippen molar-refractivity contribution in [3.8, 4) is 11.4 Å². The zero-order chi connectivity index (χ0) is 10.1. The van der Waals surface area contributed by atoms with Crippen molar-refractivity contribution in [3.63, 3.8) is 0 Å². The Morgan fingerprint density at radius 2 is 2.21 bits per heavy atom. The molecule has 0 aliphatic heterocycles. The van der Waals surface area contributed by atoms with E-state index in [-0.39, 0.29) is 0 Å². The Labute approximate surface area is 94.9 Å². The van der Waals surface area contributed by atoms with Gasteiger partial charge in [0.25, 0.3) is 0 Å². The van der Waals surface area contributed by atoms with Gasteiger partial charge in [-0.3, -0.25) is 4.68 Å². The molecule has 0 amide bonds. The molecule has 3 nitrogen and oxygen atoms in total. The number of hydrogen-bond donors (Lipinski definition) is 0. The SMILES string of the molecule is Cn1cnc(-c2ccc(Br)c(Cl)c2)n1. The van der Waals surface area contributed by atoms with Crippen LogP contribution < -0.4 is 0 Å². The van der Waals surface area contributed by atoms with Crippen LogP contribution in [0.15, 0.2) is 29.0 Å². The maximum atomic E-state index is 5.96. The molecule has 1 aromatic heterocycles. The molecule has 0 aliphatic carbocycles. The van der Waals surface area contributed by atoms with Crippen LogP contribution in [0.2, 0.25) is 5.02 Å². The summed E-state index contributed by atoms with van der Waals surface area (Å²) in [6.07, 6.45) is 1.66. The zero-order valence-electron chi connectivity index (χ0n) is 7.41. The van der Waals surface area contributed by atoms with Crippen LogP contribution in [0.4, 0.5) is 0 Å². The van der Waals surface area contributed by atoms with Crippen LogP contribution in [0, 0.1) is 0 Å². The second kappa shape index (κ2) is 3.71. The highest BCUT2D eigenvalue weighted by molar-refractivity contribution is 9.10. The summed E-state index contributed by atoms with van der Waals surface area (Å²) in [4.78, 5) is 4.13. The second-order valence-corrected chi connectivity index (χ2v) is 4.13. The monoisotopic (exact) mass is 271 g/mol. The molecule has 1 heterocycles. The van der Waals surface area contributed by atoms with Crippen LogP contribution in [0.25, 0.3) is 11.4 Å². The normalized spacial score (nSPS) is 10.5. The van der Waals surface area contributed by atoms with Gasteiger partial charge in [-0.05, 0) is 34.1 Å². The number of aryl methyl sites for hydroxylation is 1. The second-order valence-electron chi connectivity index (χ2n) is 2.87. The van der Waals surface area contributed by atoms with Crippen LogP contribution in [-0.4, -0.2) is 14.8 Å². The average Bonchev–Trinajstić information content (AvgIpc) is 2.57. The highest BCUT2D eigenvalue weighted by Crippen LogP contribution is 2.26. The maximum Gasteiger partial charge on any atom is 0.181 e. The van der Waals surface area contributed by atoms with E-state index in [4.69, 9.17) is 11.6 Å². The number of rotatable bonds is 1. The Balaban J connectivity index is 2.47. The van der Waals surface area contributed by atoms with Crippen LogP contribution in [0.3, 0.4) is 0 Å². The lowest BCUT2D eigenvalue weighted by Gasteiger charge is -1.98. The Bertz CT molecular complexity index is 467. The van der Waals surface area contributed by atoms with Crippen molar-refractivity contribution in [2.45, 2.75) is 0 Å². The zero-order valence-corrected chi connectivity index (χ0v) is 9.75. The minimum Gasteiger partial charge on any atom is -0.255 e. The summed E-state index contributed by atoms with van der Waals surface area (Å²) < 4.78 is 2.53. The van der Waals surface area contributed by atoms with Gasteiger partial charge in [0.2, 0.25) is 0 Å². The van der Waals surface area contributed by atoms with Gasteiger partial charge in [0.1, 0.15) is 6.33 Å². The fraction of sp³-hybridized carbons (Fsp3) is 0.111. The van der Waals surface area contributed by atoms with Gasteiger partial charge in [-0.2, -0.15) is 5.10 Å². The average molecular weight is 273 g/mol. The van der Waals surface area contributed by atoms with E-state index < -0.39 is 0 Å². The molecular weight excluding hydrogens is 265 g/mol. The highest BCUT2D eigenvalue weighted by Gasteiger charge is 2.04. The van der Waals surface area contributed by atoms with E-state index in [9.17, 15) is 0 Å². The third-order valence-corrected chi connectivity index (χ3v) is 3.01. The molecule has 0 saturated carbocycles. The van der Waals surface area contributed by atoms with Crippen LogP contribution in [0.1, 0.15) is 0 Å². The predicted molar refractivity (Wildman–Crippen MR) is 59.1 cm³/mol. The van der Waals surface area contributed by atoms with Crippen LogP contribution >= 0.6 is 27.5 Å². The standard InChI is InChI=1S/C9H7BrClN3/c1-14-5-12-9(13-14)6-2-3-7(10)8(11)4-6/h2-5H,1H3. The Hall–Kier alpha value is -0.870. The first-order valence-electron chi connectivity index (χ1n) is 3.98. The third kappa shape index (κ3) is 1.81. The van der Waals surface area contributed by atoms with Gasteiger partial charge in [-0.1, -0.05) is 11.6 Å². The first-order valence-corrected chi connectivity index (χ1v) is 5.15. The van der Waals surface area contributed by atoms with Gasteiger partial charge in [-0.25, -0.2) is 4.98 Å². The summed E-state index contributed by atoms with van der Waals surface area (Å²) in [6.45, 7) is 0. The quantitative estimate of drug-likeness (QED) is 0.799. The fourth-order valence-electron chi connectivity index (χ4n) is 1.11. The van der Waals surface area contributed by atoms with Crippen molar-refractivity contribution in [1.29, 1.82) is 0 Å². The Morgan fingerprint density at radius 3 is 2.79 bits per heavy atom. The summed E-state index contributed by atoms with van der Waals surface area (Å²) in [6, 6.07) is 5.64. The van der Waals surface area contributed by atoms with Gasteiger partial charge in [-0.15, -0.1) is 0 Å². The molecule has 1 aromatic carbocycles. The largest absolute Gasteiger partial charge is 0.255 e. The minimum absolute atomic E-state index is 0.662. The number of halogens is 2. The molecule has 2 aromatic rings. The molecule has 0 unspecified atom stereocenters. The lowest BCUT2D eigenvalue weighted by atomic mass is 10.2. The van der Waals surface area contributed by atoms with Crippen molar-refractivity contribution in [1.82, 2.24) is 14.8 Å². The summed E-state index contributed by atoms with van der Waals surface area (Å²) in [5.41, 5.74) is 0.916. The third-order valence-electron chi connectivity index (χ3n) is 1.78. The molecule has 0 radical (unpaired) electrons. The molecular formula is C9H7BrClN3. The van der Waals surface area contributed by atoms with E-state index in [2.05, 4.69) is 26.0 Å². The molecule has 0 spiro atoms. The fourth-order valence-corrected chi connectivity index (χ4v) is 1.53. The lowest BCUT2D eigenvalue weighted by molar-refractivity contribution is 0.768. The van der Waals surface area contributed by atoms with Crippen molar-refractivity contribution < 1.29 is 0 Å². The smallest absolute Gasteiger partial charge is 0.181 e. The van der Waals surface area contributed by atoms with E-state index in [0.717, 1.165) is 10.0 Å². The van der Waals surface area contributed by atoms with Crippen molar-refractivity contribution in [2.75, 3.05) is 0 Å². The highest BCUT2D eigenvalue weighted by atomic mass is 79.9. The molecule has 0 bridgehead atoms. The Morgan fingerprint density at radius 1 is 1.43 bits per heavy atom. The molecule has 0 aliphatic rings. The number of aromatic nitrogens is 3. The van der Waals surface area contributed by atoms with E-state index >= 15 is 0 Å². The molecule has 14 heavy (non-hydrogen) atoms. The van der Waals surface area contributed by atoms with Gasteiger partial charge in [0, 0.05) is 17.1 Å². The number of hydrogen-bond acceptors (Lipinski definition) is 2. The van der Waals surface area contributed by atoms with Crippen molar-refractivity contribution in [3.05, 3.63) is 34.0 Å². The summed E-state index contributed by atoms with van der Waals surface area (Å²) in [5, 5.41) is 4.85. The number of nitrogens with zero attached hydrogens (tertiary/aromatic N) is 3. The van der Waals surface area contributed by atoms with E-state index in [1.165, 1.54) is 0 Å². The van der Waals surface area contributed by atoms with Gasteiger partial charge in [0.05, 0.1) is 5.02 Å². The lowest BCUT2D eigenvalue weighted by Crippen LogP contribution is -1.87. The van der Waals surface area contributed by atoms with Crippen LogP contribution in [-0.2, 0) is 7.05 Å².